The summed E-state index contributed by atoms with van der Waals surface area (Å²) in [4.78, 5) is 28.2. The first-order chi connectivity index (χ1) is 11.1. The molecule has 2 aliphatic rings. The zero-order valence-corrected chi connectivity index (χ0v) is 14.6. The fourth-order valence-electron chi connectivity index (χ4n) is 3.22. The summed E-state index contributed by atoms with van der Waals surface area (Å²) in [5.74, 6) is 0.0799. The zero-order chi connectivity index (χ0) is 16.2. The highest BCUT2D eigenvalue weighted by atomic mass is 35.5. The number of para-hydroxylation sites is 2. The minimum absolute atomic E-state index is 0. The number of rotatable bonds is 4. The zero-order valence-electron chi connectivity index (χ0n) is 13.7. The van der Waals surface area contributed by atoms with Crippen molar-refractivity contribution in [2.75, 3.05) is 36.4 Å². The number of hydrogen-bond donors (Lipinski definition) is 2. The lowest BCUT2D eigenvalue weighted by atomic mass is 10.1. The maximum absolute atomic E-state index is 12.3. The molecule has 7 heteroatoms. The van der Waals surface area contributed by atoms with E-state index in [1.54, 1.807) is 4.90 Å². The average Bonchev–Trinajstić information content (AvgIpc) is 2.96. The predicted molar refractivity (Wildman–Crippen MR) is 97.6 cm³/mol. The predicted octanol–water partition coefficient (Wildman–Crippen LogP) is 1.60. The van der Waals surface area contributed by atoms with Crippen LogP contribution >= 0.6 is 12.4 Å². The van der Waals surface area contributed by atoms with Gasteiger partial charge >= 0.3 is 0 Å². The molecule has 0 aliphatic carbocycles. The van der Waals surface area contributed by atoms with Gasteiger partial charge in [-0.3, -0.25) is 14.5 Å². The van der Waals surface area contributed by atoms with E-state index in [0.29, 0.717) is 18.7 Å². The van der Waals surface area contributed by atoms with Crippen LogP contribution in [0.5, 0.6) is 0 Å². The molecule has 0 saturated carbocycles. The number of carbonyl (C=O) groups excluding carboxylic acids is 2. The Morgan fingerprint density at radius 1 is 1.21 bits per heavy atom. The van der Waals surface area contributed by atoms with Crippen LogP contribution in [-0.2, 0) is 9.59 Å². The van der Waals surface area contributed by atoms with E-state index in [0.717, 1.165) is 44.6 Å². The van der Waals surface area contributed by atoms with Crippen molar-refractivity contribution in [3.05, 3.63) is 24.3 Å². The molecule has 0 unspecified atom stereocenters. The van der Waals surface area contributed by atoms with Gasteiger partial charge in [0.15, 0.2) is 0 Å². The second-order valence-electron chi connectivity index (χ2n) is 6.33. The van der Waals surface area contributed by atoms with Crippen LogP contribution in [0.25, 0.3) is 0 Å². The maximum atomic E-state index is 12.3. The third-order valence-electron chi connectivity index (χ3n) is 4.54. The number of halogens is 1. The third kappa shape index (κ3) is 4.47. The van der Waals surface area contributed by atoms with Crippen LogP contribution in [0.1, 0.15) is 25.7 Å². The van der Waals surface area contributed by atoms with Gasteiger partial charge in [-0.25, -0.2) is 0 Å². The van der Waals surface area contributed by atoms with Gasteiger partial charge in [0.2, 0.25) is 11.8 Å². The van der Waals surface area contributed by atoms with Crippen molar-refractivity contribution in [2.45, 2.75) is 31.7 Å². The summed E-state index contributed by atoms with van der Waals surface area (Å²) in [6.07, 6.45) is 3.32. The largest absolute Gasteiger partial charge is 0.328 e. The molecule has 0 spiro atoms. The molecule has 0 aromatic heterocycles. The molecule has 2 saturated heterocycles. The Morgan fingerprint density at radius 2 is 1.92 bits per heavy atom. The van der Waals surface area contributed by atoms with Crippen molar-refractivity contribution in [2.24, 2.45) is 5.73 Å². The number of anilines is 2. The third-order valence-corrected chi connectivity index (χ3v) is 4.54. The number of nitrogens with two attached hydrogens (primary N) is 1. The number of piperidine rings is 1. The van der Waals surface area contributed by atoms with Gasteiger partial charge in [0, 0.05) is 32.1 Å². The van der Waals surface area contributed by atoms with Crippen molar-refractivity contribution < 1.29 is 9.59 Å². The Morgan fingerprint density at radius 3 is 2.58 bits per heavy atom. The molecule has 2 heterocycles. The quantitative estimate of drug-likeness (QED) is 0.862. The summed E-state index contributed by atoms with van der Waals surface area (Å²) in [7, 11) is 0. The molecule has 132 valence electrons. The summed E-state index contributed by atoms with van der Waals surface area (Å²) in [6.45, 7) is 2.81. The molecule has 3 rings (SSSR count). The number of hydrogen-bond acceptors (Lipinski definition) is 4. The van der Waals surface area contributed by atoms with E-state index in [1.165, 1.54) is 0 Å². The minimum Gasteiger partial charge on any atom is -0.328 e. The maximum Gasteiger partial charge on any atom is 0.238 e. The lowest BCUT2D eigenvalue weighted by molar-refractivity contribution is -0.118. The number of nitrogens with one attached hydrogen (secondary N) is 1. The summed E-state index contributed by atoms with van der Waals surface area (Å²) in [5, 5.41) is 2.96. The van der Waals surface area contributed by atoms with Crippen molar-refractivity contribution >= 4 is 35.6 Å². The monoisotopic (exact) mass is 352 g/mol. The molecular weight excluding hydrogens is 328 g/mol. The molecule has 6 nitrogen and oxygen atoms in total. The number of benzene rings is 1. The standard InChI is InChI=1S/C17H24N4O2.ClH/c18-13-7-10-20(11-8-13)12-16(22)19-14-4-1-2-5-15(14)21-9-3-6-17(21)23;/h1-2,4-5,13H,3,6-12,18H2,(H,19,22);1H. The van der Waals surface area contributed by atoms with Crippen molar-refractivity contribution in [1.82, 2.24) is 4.90 Å². The minimum atomic E-state index is -0.0421. The Balaban J connectivity index is 0.00000208. The molecule has 2 amide bonds. The Kier molecular flexibility index (Phi) is 6.60. The Bertz CT molecular complexity index is 588. The summed E-state index contributed by atoms with van der Waals surface area (Å²) < 4.78 is 0. The number of nitrogens with zero attached hydrogens (tertiary/aromatic N) is 2. The van der Waals surface area contributed by atoms with Crippen LogP contribution in [0.2, 0.25) is 0 Å². The molecule has 0 atom stereocenters. The normalized spacial score (nSPS) is 19.2. The highest BCUT2D eigenvalue weighted by molar-refractivity contribution is 6.02. The van der Waals surface area contributed by atoms with Gasteiger partial charge in [0.05, 0.1) is 17.9 Å². The van der Waals surface area contributed by atoms with Gasteiger partial charge in [-0.15, -0.1) is 12.4 Å². The van der Waals surface area contributed by atoms with Crippen LogP contribution < -0.4 is 16.0 Å². The molecular formula is C17H25ClN4O2. The summed E-state index contributed by atoms with van der Waals surface area (Å²) in [5.41, 5.74) is 7.39. The fraction of sp³-hybridized carbons (Fsp3) is 0.529. The van der Waals surface area contributed by atoms with E-state index in [1.807, 2.05) is 24.3 Å². The van der Waals surface area contributed by atoms with Crippen LogP contribution in [0.4, 0.5) is 11.4 Å². The van der Waals surface area contributed by atoms with Gasteiger partial charge in [0.1, 0.15) is 0 Å². The van der Waals surface area contributed by atoms with Crippen molar-refractivity contribution in [1.29, 1.82) is 0 Å². The van der Waals surface area contributed by atoms with Gasteiger partial charge in [-0.2, -0.15) is 0 Å². The lowest BCUT2D eigenvalue weighted by Gasteiger charge is -2.29. The first-order valence-electron chi connectivity index (χ1n) is 8.30. The summed E-state index contributed by atoms with van der Waals surface area (Å²) in [6, 6.07) is 7.77. The second kappa shape index (κ2) is 8.46. The molecule has 1 aromatic rings. The SMILES string of the molecule is Cl.NC1CCN(CC(=O)Nc2ccccc2N2CCCC2=O)CC1. The molecule has 24 heavy (non-hydrogen) atoms. The highest BCUT2D eigenvalue weighted by Crippen LogP contribution is 2.29. The second-order valence-corrected chi connectivity index (χ2v) is 6.33. The van der Waals surface area contributed by atoms with Crippen LogP contribution in [0, 0.1) is 0 Å². The van der Waals surface area contributed by atoms with Gasteiger partial charge in [0.25, 0.3) is 0 Å². The van der Waals surface area contributed by atoms with Gasteiger partial charge in [-0.1, -0.05) is 12.1 Å². The molecule has 0 radical (unpaired) electrons. The molecule has 1 aromatic carbocycles. The van der Waals surface area contributed by atoms with Crippen molar-refractivity contribution in [3.8, 4) is 0 Å². The fourth-order valence-corrected chi connectivity index (χ4v) is 3.22. The van der Waals surface area contributed by atoms with Crippen molar-refractivity contribution in [3.63, 3.8) is 0 Å². The number of amides is 2. The first kappa shape index (κ1) is 18.7. The van der Waals surface area contributed by atoms with E-state index in [-0.39, 0.29) is 30.3 Å². The van der Waals surface area contributed by atoms with E-state index in [4.69, 9.17) is 5.73 Å². The average molecular weight is 353 g/mol. The summed E-state index contributed by atoms with van der Waals surface area (Å²) >= 11 is 0. The number of carbonyl (C=O) groups is 2. The smallest absolute Gasteiger partial charge is 0.238 e. The van der Waals surface area contributed by atoms with E-state index in [9.17, 15) is 9.59 Å². The lowest BCUT2D eigenvalue weighted by Crippen LogP contribution is -2.43. The van der Waals surface area contributed by atoms with E-state index in [2.05, 4.69) is 10.2 Å². The molecule has 0 bridgehead atoms. The molecule has 3 N–H and O–H groups in total. The highest BCUT2D eigenvalue weighted by Gasteiger charge is 2.24. The van der Waals surface area contributed by atoms with Gasteiger partial charge in [-0.05, 0) is 31.4 Å². The first-order valence-corrected chi connectivity index (χ1v) is 8.30. The number of likely N-dealkylation sites (tertiary alicyclic amines) is 1. The topological polar surface area (TPSA) is 78.7 Å². The Hall–Kier alpha value is -1.63. The molecule has 2 fully saturated rings. The Labute approximate surface area is 148 Å². The van der Waals surface area contributed by atoms with Crippen LogP contribution in [0.3, 0.4) is 0 Å². The van der Waals surface area contributed by atoms with Crippen LogP contribution in [0.15, 0.2) is 24.3 Å². The van der Waals surface area contributed by atoms with Gasteiger partial charge < -0.3 is 16.0 Å². The van der Waals surface area contributed by atoms with E-state index < -0.39 is 0 Å². The van der Waals surface area contributed by atoms with Crippen LogP contribution in [-0.4, -0.2) is 48.9 Å². The molecule has 2 aliphatic heterocycles. The van der Waals surface area contributed by atoms with E-state index >= 15 is 0 Å².